The Labute approximate surface area is 221 Å². The molecule has 6 rings (SSSR count). The summed E-state index contributed by atoms with van der Waals surface area (Å²) in [6, 6.07) is 21.7. The predicted molar refractivity (Wildman–Crippen MR) is 146 cm³/mol. The summed E-state index contributed by atoms with van der Waals surface area (Å²) in [5, 5.41) is 10.7. The number of fused-ring (bicyclic) bond motifs is 2. The van der Waals surface area contributed by atoms with Gasteiger partial charge >= 0.3 is 6.03 Å². The SMILES string of the molecule is CC12Cc3cnn(-c4ccc(F)cc4)c3C=C1CCC2CC(NC(=O)Nc1ccccn1)c1ccccc1. The van der Waals surface area contributed by atoms with Crippen LogP contribution in [0.25, 0.3) is 11.8 Å². The molecule has 4 aromatic rings. The second-order valence-electron chi connectivity index (χ2n) is 10.5. The number of rotatable bonds is 6. The molecule has 2 aromatic heterocycles. The van der Waals surface area contributed by atoms with Crippen molar-refractivity contribution in [3.05, 3.63) is 113 Å². The molecule has 2 amide bonds. The fourth-order valence-electron chi connectivity index (χ4n) is 6.10. The Morgan fingerprint density at radius 3 is 2.66 bits per heavy atom. The molecule has 0 spiro atoms. The topological polar surface area (TPSA) is 71.8 Å². The first kappa shape index (κ1) is 24.1. The maximum atomic E-state index is 13.5. The van der Waals surface area contributed by atoms with Gasteiger partial charge in [-0.1, -0.05) is 48.9 Å². The monoisotopic (exact) mass is 507 g/mol. The van der Waals surface area contributed by atoms with Crippen molar-refractivity contribution in [2.45, 2.75) is 38.6 Å². The van der Waals surface area contributed by atoms with Gasteiger partial charge in [0.05, 0.1) is 23.6 Å². The number of carbonyl (C=O) groups is 1. The highest BCUT2D eigenvalue weighted by Gasteiger charge is 2.46. The van der Waals surface area contributed by atoms with Gasteiger partial charge < -0.3 is 5.32 Å². The smallest absolute Gasteiger partial charge is 0.320 e. The maximum absolute atomic E-state index is 13.5. The second-order valence-corrected chi connectivity index (χ2v) is 10.5. The lowest BCUT2D eigenvalue weighted by molar-refractivity contribution is 0.222. The van der Waals surface area contributed by atoms with E-state index in [-0.39, 0.29) is 23.3 Å². The van der Waals surface area contributed by atoms with Gasteiger partial charge in [0.15, 0.2) is 0 Å². The molecule has 2 aromatic carbocycles. The van der Waals surface area contributed by atoms with Crippen LogP contribution in [0.3, 0.4) is 0 Å². The van der Waals surface area contributed by atoms with E-state index in [1.807, 2.05) is 41.2 Å². The summed E-state index contributed by atoms with van der Waals surface area (Å²) >= 11 is 0. The van der Waals surface area contributed by atoms with Crippen LogP contribution in [0, 0.1) is 17.2 Å². The van der Waals surface area contributed by atoms with Crippen molar-refractivity contribution in [3.8, 4) is 5.69 Å². The number of nitrogens with zero attached hydrogens (tertiary/aromatic N) is 3. The molecule has 2 aliphatic carbocycles. The highest BCUT2D eigenvalue weighted by atomic mass is 19.1. The molecule has 2 N–H and O–H groups in total. The molecule has 2 heterocycles. The molecule has 1 saturated carbocycles. The largest absolute Gasteiger partial charge is 0.331 e. The summed E-state index contributed by atoms with van der Waals surface area (Å²) in [5.74, 6) is 0.652. The van der Waals surface area contributed by atoms with Crippen molar-refractivity contribution in [1.82, 2.24) is 20.1 Å². The zero-order chi connectivity index (χ0) is 26.1. The third-order valence-corrected chi connectivity index (χ3v) is 8.16. The van der Waals surface area contributed by atoms with Crippen molar-refractivity contribution in [1.29, 1.82) is 0 Å². The first-order chi connectivity index (χ1) is 18.5. The van der Waals surface area contributed by atoms with Gasteiger partial charge in [0.25, 0.3) is 0 Å². The zero-order valence-electron chi connectivity index (χ0n) is 21.3. The highest BCUT2D eigenvalue weighted by Crippen LogP contribution is 2.55. The molecule has 0 saturated heterocycles. The molecule has 3 unspecified atom stereocenters. The standard InChI is InChI=1S/C31H30FN5O/c1-31-19-22-20-34-37(26-14-12-25(32)13-15-26)28(22)18-24(31)11-10-23(31)17-27(21-7-3-2-4-8-21)35-30(38)36-29-9-5-6-16-33-29/h2-9,12-16,18,20,23,27H,10-11,17,19H2,1H3,(H2,33,35,36,38). The first-order valence-corrected chi connectivity index (χ1v) is 13.1. The molecule has 0 bridgehead atoms. The molecule has 1 fully saturated rings. The van der Waals surface area contributed by atoms with Crippen molar-refractivity contribution in [3.63, 3.8) is 0 Å². The highest BCUT2D eigenvalue weighted by molar-refractivity contribution is 5.88. The molecule has 6 nitrogen and oxygen atoms in total. The molecular formula is C31H30FN5O. The lowest BCUT2D eigenvalue weighted by Gasteiger charge is -2.37. The molecule has 2 aliphatic rings. The van der Waals surface area contributed by atoms with Gasteiger partial charge in [0, 0.05) is 6.20 Å². The van der Waals surface area contributed by atoms with Crippen LogP contribution >= 0.6 is 0 Å². The van der Waals surface area contributed by atoms with Crippen LogP contribution in [0.1, 0.15) is 49.0 Å². The predicted octanol–water partition coefficient (Wildman–Crippen LogP) is 6.72. The second kappa shape index (κ2) is 9.89. The number of pyridine rings is 1. The van der Waals surface area contributed by atoms with E-state index < -0.39 is 0 Å². The Balaban J connectivity index is 1.24. The van der Waals surface area contributed by atoms with Gasteiger partial charge in [-0.25, -0.2) is 18.9 Å². The molecule has 192 valence electrons. The van der Waals surface area contributed by atoms with E-state index in [1.54, 1.807) is 24.4 Å². The fraction of sp³-hybridized carbons (Fsp3) is 0.258. The van der Waals surface area contributed by atoms with Crippen molar-refractivity contribution >= 4 is 17.9 Å². The van der Waals surface area contributed by atoms with E-state index in [2.05, 4.69) is 45.8 Å². The lowest BCUT2D eigenvalue weighted by atomic mass is 9.68. The van der Waals surface area contributed by atoms with E-state index in [0.717, 1.165) is 42.6 Å². The quantitative estimate of drug-likeness (QED) is 0.304. The van der Waals surface area contributed by atoms with Crippen LogP contribution in [0.4, 0.5) is 15.0 Å². The van der Waals surface area contributed by atoms with Crippen molar-refractivity contribution < 1.29 is 9.18 Å². The van der Waals surface area contributed by atoms with Crippen LogP contribution in [-0.2, 0) is 6.42 Å². The molecule has 38 heavy (non-hydrogen) atoms. The number of hydrogen-bond acceptors (Lipinski definition) is 3. The normalized spacial score (nSPS) is 20.7. The average Bonchev–Trinajstić information content (AvgIpc) is 3.48. The van der Waals surface area contributed by atoms with E-state index in [4.69, 9.17) is 0 Å². The maximum Gasteiger partial charge on any atom is 0.320 e. The first-order valence-electron chi connectivity index (χ1n) is 13.1. The number of amides is 2. The van der Waals surface area contributed by atoms with Crippen molar-refractivity contribution in [2.75, 3.05) is 5.32 Å². The molecule has 0 radical (unpaired) electrons. The average molecular weight is 508 g/mol. The van der Waals surface area contributed by atoms with Gasteiger partial charge in [-0.15, -0.1) is 0 Å². The number of aromatic nitrogens is 3. The van der Waals surface area contributed by atoms with Gasteiger partial charge in [-0.05, 0) is 90.6 Å². The number of nitrogens with one attached hydrogen (secondary N) is 2. The van der Waals surface area contributed by atoms with Gasteiger partial charge in [-0.3, -0.25) is 5.32 Å². The van der Waals surface area contributed by atoms with E-state index in [0.29, 0.717) is 11.7 Å². The van der Waals surface area contributed by atoms with Crippen molar-refractivity contribution in [2.24, 2.45) is 11.3 Å². The van der Waals surface area contributed by atoms with E-state index >= 15 is 0 Å². The third-order valence-electron chi connectivity index (χ3n) is 8.16. The minimum atomic E-state index is -0.261. The number of urea groups is 1. The summed E-state index contributed by atoms with van der Waals surface area (Å²) in [5.41, 5.74) is 5.63. The summed E-state index contributed by atoms with van der Waals surface area (Å²) in [4.78, 5) is 17.2. The lowest BCUT2D eigenvalue weighted by Crippen LogP contribution is -2.36. The number of halogens is 1. The van der Waals surface area contributed by atoms with Crippen LogP contribution in [-0.4, -0.2) is 20.8 Å². The fourth-order valence-corrected chi connectivity index (χ4v) is 6.10. The number of hydrogen-bond donors (Lipinski definition) is 2. The summed E-state index contributed by atoms with van der Waals surface area (Å²) in [7, 11) is 0. The Morgan fingerprint density at radius 2 is 1.89 bits per heavy atom. The third kappa shape index (κ3) is 4.60. The molecule has 0 aliphatic heterocycles. The van der Waals surface area contributed by atoms with Crippen LogP contribution in [0.5, 0.6) is 0 Å². The molecule has 3 atom stereocenters. The number of allylic oxidation sites excluding steroid dienone is 1. The molecule has 7 heteroatoms. The zero-order valence-corrected chi connectivity index (χ0v) is 21.3. The number of benzene rings is 2. The van der Waals surface area contributed by atoms with Gasteiger partial charge in [0.2, 0.25) is 0 Å². The van der Waals surface area contributed by atoms with E-state index in [1.165, 1.54) is 23.3 Å². The minimum Gasteiger partial charge on any atom is -0.331 e. The minimum absolute atomic E-state index is 0.0180. The number of carbonyl (C=O) groups excluding carboxylic acids is 1. The summed E-state index contributed by atoms with van der Waals surface area (Å²) < 4.78 is 15.4. The van der Waals surface area contributed by atoms with Crippen LogP contribution in [0.15, 0.2) is 90.8 Å². The van der Waals surface area contributed by atoms with Gasteiger partial charge in [-0.2, -0.15) is 5.10 Å². The summed E-state index contributed by atoms with van der Waals surface area (Å²) in [6.45, 7) is 2.35. The Hall–Kier alpha value is -4.26. The Bertz CT molecular complexity index is 1470. The van der Waals surface area contributed by atoms with E-state index in [9.17, 15) is 9.18 Å². The Morgan fingerprint density at radius 1 is 1.11 bits per heavy atom. The van der Waals surface area contributed by atoms with Gasteiger partial charge in [0.1, 0.15) is 11.6 Å². The number of anilines is 1. The van der Waals surface area contributed by atoms with Crippen LogP contribution in [0.2, 0.25) is 0 Å². The summed E-state index contributed by atoms with van der Waals surface area (Å²) in [6.07, 6.45) is 9.68. The van der Waals surface area contributed by atoms with Crippen LogP contribution < -0.4 is 10.6 Å². The Kier molecular flexibility index (Phi) is 6.27. The molecular weight excluding hydrogens is 477 g/mol.